The van der Waals surface area contributed by atoms with Gasteiger partial charge in [-0.2, -0.15) is 5.10 Å². The number of aromatic nitrogens is 2. The minimum atomic E-state index is -0.970. The molecule has 154 valence electrons. The third-order valence-electron chi connectivity index (χ3n) is 5.07. The van der Waals surface area contributed by atoms with Gasteiger partial charge < -0.3 is 15.0 Å². The monoisotopic (exact) mass is 398 g/mol. The van der Waals surface area contributed by atoms with Crippen molar-refractivity contribution in [2.45, 2.75) is 52.2 Å². The number of carbonyl (C=O) groups is 3. The number of anilines is 2. The van der Waals surface area contributed by atoms with E-state index in [2.05, 4.69) is 10.4 Å². The van der Waals surface area contributed by atoms with E-state index in [9.17, 15) is 14.4 Å². The average Bonchev–Trinajstić information content (AvgIpc) is 3.36. The number of benzene rings is 1. The van der Waals surface area contributed by atoms with Crippen molar-refractivity contribution >= 4 is 29.3 Å². The largest absolute Gasteiger partial charge is 0.449 e. The summed E-state index contributed by atoms with van der Waals surface area (Å²) in [5.41, 5.74) is 1.08. The summed E-state index contributed by atoms with van der Waals surface area (Å²) in [5, 5.41) is 6.97. The van der Waals surface area contributed by atoms with Gasteiger partial charge in [0.25, 0.3) is 5.91 Å². The molecule has 1 N–H and O–H groups in total. The van der Waals surface area contributed by atoms with Crippen LogP contribution in [0.1, 0.15) is 56.4 Å². The van der Waals surface area contributed by atoms with Gasteiger partial charge in [-0.05, 0) is 51.0 Å². The van der Waals surface area contributed by atoms with Crippen molar-refractivity contribution in [3.8, 4) is 0 Å². The van der Waals surface area contributed by atoms with Gasteiger partial charge in [0, 0.05) is 24.7 Å². The highest BCUT2D eigenvalue weighted by Gasteiger charge is 2.23. The Morgan fingerprint density at radius 2 is 1.93 bits per heavy atom. The molecular weight excluding hydrogens is 372 g/mol. The van der Waals surface area contributed by atoms with Gasteiger partial charge in [0.15, 0.2) is 6.10 Å². The number of nitrogens with one attached hydrogen (secondary N) is 1. The number of hydrogen-bond donors (Lipinski definition) is 1. The van der Waals surface area contributed by atoms with Crippen LogP contribution in [0.2, 0.25) is 0 Å². The molecule has 1 aliphatic heterocycles. The predicted molar refractivity (Wildman–Crippen MR) is 109 cm³/mol. The highest BCUT2D eigenvalue weighted by atomic mass is 16.5. The first-order chi connectivity index (χ1) is 13.9. The summed E-state index contributed by atoms with van der Waals surface area (Å²) in [6, 6.07) is 8.48. The highest BCUT2D eigenvalue weighted by molar-refractivity contribution is 5.98. The summed E-state index contributed by atoms with van der Waals surface area (Å²) in [5.74, 6) is -0.376. The van der Waals surface area contributed by atoms with Gasteiger partial charge in [-0.15, -0.1) is 0 Å². The van der Waals surface area contributed by atoms with Crippen molar-refractivity contribution in [2.75, 3.05) is 16.8 Å². The Hall–Kier alpha value is -3.16. The highest BCUT2D eigenvalue weighted by Crippen LogP contribution is 2.22. The van der Waals surface area contributed by atoms with Crippen LogP contribution in [0.15, 0.2) is 36.5 Å². The lowest BCUT2D eigenvalue weighted by atomic mass is 10.2. The van der Waals surface area contributed by atoms with E-state index in [-0.39, 0.29) is 11.9 Å². The van der Waals surface area contributed by atoms with E-state index in [1.165, 1.54) is 6.92 Å². The molecule has 1 fully saturated rings. The van der Waals surface area contributed by atoms with Crippen molar-refractivity contribution < 1.29 is 19.1 Å². The van der Waals surface area contributed by atoms with E-state index in [1.54, 1.807) is 46.1 Å². The van der Waals surface area contributed by atoms with Gasteiger partial charge >= 0.3 is 5.97 Å². The zero-order valence-electron chi connectivity index (χ0n) is 16.9. The molecule has 3 rings (SSSR count). The maximum Gasteiger partial charge on any atom is 0.338 e. The third-order valence-corrected chi connectivity index (χ3v) is 5.07. The van der Waals surface area contributed by atoms with E-state index >= 15 is 0 Å². The molecule has 8 heteroatoms. The number of amides is 2. The second-order valence-electron chi connectivity index (χ2n) is 7.15. The van der Waals surface area contributed by atoms with Gasteiger partial charge in [0.2, 0.25) is 5.91 Å². The molecule has 8 nitrogen and oxygen atoms in total. The van der Waals surface area contributed by atoms with Crippen LogP contribution < -0.4 is 10.2 Å². The molecule has 2 aromatic rings. The van der Waals surface area contributed by atoms with Crippen molar-refractivity contribution in [1.82, 2.24) is 9.78 Å². The summed E-state index contributed by atoms with van der Waals surface area (Å²) >= 11 is 0. The summed E-state index contributed by atoms with van der Waals surface area (Å²) in [4.78, 5) is 38.3. The lowest BCUT2D eigenvalue weighted by Crippen LogP contribution is -2.31. The Morgan fingerprint density at radius 1 is 1.21 bits per heavy atom. The second kappa shape index (κ2) is 8.89. The first kappa shape index (κ1) is 20.6. The Labute approximate surface area is 169 Å². The first-order valence-electron chi connectivity index (χ1n) is 9.86. The molecule has 1 aromatic carbocycles. The summed E-state index contributed by atoms with van der Waals surface area (Å²) in [6.45, 7) is 6.25. The molecule has 0 radical (unpaired) electrons. The van der Waals surface area contributed by atoms with E-state index in [0.717, 1.165) is 18.5 Å². The second-order valence-corrected chi connectivity index (χ2v) is 7.15. The quantitative estimate of drug-likeness (QED) is 0.723. The van der Waals surface area contributed by atoms with E-state index in [1.807, 2.05) is 13.8 Å². The van der Waals surface area contributed by atoms with Crippen molar-refractivity contribution in [3.63, 3.8) is 0 Å². The molecule has 0 unspecified atom stereocenters. The zero-order chi connectivity index (χ0) is 21.0. The van der Waals surface area contributed by atoms with E-state index < -0.39 is 18.0 Å². The third kappa shape index (κ3) is 4.64. The Bertz CT molecular complexity index is 890. The van der Waals surface area contributed by atoms with Gasteiger partial charge in [-0.25, -0.2) is 9.48 Å². The van der Waals surface area contributed by atoms with Crippen LogP contribution in [0.3, 0.4) is 0 Å². The first-order valence-corrected chi connectivity index (χ1v) is 9.86. The van der Waals surface area contributed by atoms with Crippen molar-refractivity contribution in [3.05, 3.63) is 42.1 Å². The fourth-order valence-electron chi connectivity index (χ4n) is 3.15. The van der Waals surface area contributed by atoms with Gasteiger partial charge in [-0.1, -0.05) is 6.92 Å². The number of ether oxygens (including phenoxy) is 1. The zero-order valence-corrected chi connectivity index (χ0v) is 16.9. The molecule has 0 bridgehead atoms. The summed E-state index contributed by atoms with van der Waals surface area (Å²) < 4.78 is 7.03. The molecule has 0 saturated carbocycles. The van der Waals surface area contributed by atoms with Crippen LogP contribution in [0.25, 0.3) is 0 Å². The van der Waals surface area contributed by atoms with Gasteiger partial charge in [0.05, 0.1) is 17.8 Å². The maximum atomic E-state index is 12.4. The molecule has 2 atom stereocenters. The fraction of sp³-hybridized carbons (Fsp3) is 0.429. The Kier molecular flexibility index (Phi) is 6.31. The van der Waals surface area contributed by atoms with Crippen LogP contribution in [-0.4, -0.2) is 40.2 Å². The minimum absolute atomic E-state index is 0.0854. The lowest BCUT2D eigenvalue weighted by Gasteiger charge is -2.17. The molecule has 2 heterocycles. The molecule has 2 amide bonds. The minimum Gasteiger partial charge on any atom is -0.449 e. The fourth-order valence-corrected chi connectivity index (χ4v) is 3.15. The molecular formula is C21H26N4O4. The molecule has 0 aliphatic carbocycles. The van der Waals surface area contributed by atoms with E-state index in [0.29, 0.717) is 24.3 Å². The number of esters is 1. The standard InChI is InChI=1S/C21H26N4O4/c1-4-14(2)25-18(11-12-22-25)23-20(27)15(3)29-21(28)16-7-9-17(10-8-16)24-13-5-6-19(24)26/h7-12,14-15H,4-6,13H2,1-3H3,(H,23,27)/t14-,15-/m0/s1. The molecule has 0 spiro atoms. The number of hydrogen-bond acceptors (Lipinski definition) is 5. The topological polar surface area (TPSA) is 93.5 Å². The number of nitrogens with zero attached hydrogens (tertiary/aromatic N) is 3. The Morgan fingerprint density at radius 3 is 2.55 bits per heavy atom. The normalized spacial score (nSPS) is 15.8. The Balaban J connectivity index is 1.59. The number of rotatable bonds is 7. The molecule has 1 aliphatic rings. The van der Waals surface area contributed by atoms with E-state index in [4.69, 9.17) is 4.74 Å². The summed E-state index contributed by atoms with van der Waals surface area (Å²) in [7, 11) is 0. The van der Waals surface area contributed by atoms with Gasteiger partial charge in [0.1, 0.15) is 5.82 Å². The van der Waals surface area contributed by atoms with Crippen molar-refractivity contribution in [1.29, 1.82) is 0 Å². The average molecular weight is 398 g/mol. The molecule has 29 heavy (non-hydrogen) atoms. The molecule has 1 aromatic heterocycles. The molecule has 1 saturated heterocycles. The maximum absolute atomic E-state index is 12.4. The lowest BCUT2D eigenvalue weighted by molar-refractivity contribution is -0.123. The summed E-state index contributed by atoms with van der Waals surface area (Å²) in [6.07, 6.45) is 2.90. The SMILES string of the molecule is CC[C@H](C)n1nccc1NC(=O)[C@H](C)OC(=O)c1ccc(N2CCCC2=O)cc1. The van der Waals surface area contributed by atoms with Gasteiger partial charge in [-0.3, -0.25) is 9.59 Å². The number of carbonyl (C=O) groups excluding carboxylic acids is 3. The predicted octanol–water partition coefficient (Wildman–Crippen LogP) is 3.16. The van der Waals surface area contributed by atoms with Crippen molar-refractivity contribution in [2.24, 2.45) is 0 Å². The van der Waals surface area contributed by atoms with Crippen LogP contribution >= 0.6 is 0 Å². The van der Waals surface area contributed by atoms with Crippen LogP contribution in [0, 0.1) is 0 Å². The van der Waals surface area contributed by atoms with Crippen LogP contribution in [0.4, 0.5) is 11.5 Å². The van der Waals surface area contributed by atoms with Crippen LogP contribution in [0.5, 0.6) is 0 Å². The smallest absolute Gasteiger partial charge is 0.338 e. The van der Waals surface area contributed by atoms with Crippen LogP contribution in [-0.2, 0) is 14.3 Å².